The van der Waals surface area contributed by atoms with Gasteiger partial charge in [0.25, 0.3) is 0 Å². The maximum absolute atomic E-state index is 13.2. The molecule has 166 valence electrons. The Morgan fingerprint density at radius 3 is 1.97 bits per heavy atom. The van der Waals surface area contributed by atoms with Crippen LogP contribution in [0.4, 0.5) is 0 Å². The van der Waals surface area contributed by atoms with Gasteiger partial charge in [0.1, 0.15) is 23.0 Å². The number of aromatic hydroxyl groups is 2. The first-order valence-electron chi connectivity index (χ1n) is 9.92. The van der Waals surface area contributed by atoms with Gasteiger partial charge in [0.15, 0.2) is 5.60 Å². The minimum Gasteiger partial charge on any atom is -0.508 e. The third-order valence-corrected chi connectivity index (χ3v) is 5.87. The van der Waals surface area contributed by atoms with Crippen LogP contribution in [-0.4, -0.2) is 38.3 Å². The van der Waals surface area contributed by atoms with Gasteiger partial charge < -0.3 is 29.9 Å². The van der Waals surface area contributed by atoms with Crippen molar-refractivity contribution in [3.8, 4) is 23.0 Å². The number of carboxylic acid groups (broad SMARTS) is 2. The monoisotopic (exact) mass is 448 g/mol. The van der Waals surface area contributed by atoms with Crippen molar-refractivity contribution in [2.45, 2.75) is 18.4 Å². The number of rotatable bonds is 4. The molecule has 0 atom stereocenters. The molecule has 3 aromatic rings. The maximum Gasteiger partial charge on any atom is 0.340 e. The summed E-state index contributed by atoms with van der Waals surface area (Å²) in [4.78, 5) is 36.3. The number of benzene rings is 3. The van der Waals surface area contributed by atoms with Gasteiger partial charge in [-0.1, -0.05) is 6.07 Å². The minimum absolute atomic E-state index is 0.0175. The molecular formula is C24H16O9. The van der Waals surface area contributed by atoms with Crippen molar-refractivity contribution in [3.05, 3.63) is 81.9 Å². The highest BCUT2D eigenvalue weighted by atomic mass is 16.6. The molecule has 1 spiro atoms. The van der Waals surface area contributed by atoms with Gasteiger partial charge in [0, 0.05) is 35.2 Å². The number of carbonyl (C=O) groups excluding carboxylic acids is 1. The topological polar surface area (TPSA) is 151 Å². The Labute approximate surface area is 186 Å². The van der Waals surface area contributed by atoms with E-state index in [1.807, 2.05) is 0 Å². The zero-order valence-corrected chi connectivity index (χ0v) is 16.9. The number of carboxylic acids is 2. The molecule has 0 radical (unpaired) electrons. The standard InChI is InChI=1S/C24H16O9/c25-11-1-5-15-18(9-11)32-19-10-12(26)2-6-16(19)24(15)17-7-3-14(22(29)30)13(4-8-20(27)28)21(17)23(31)33-24/h1-3,5-7,9-10,25-26H,4,8H2,(H,27,28)(H,29,30). The molecule has 3 aromatic carbocycles. The lowest BCUT2D eigenvalue weighted by atomic mass is 9.76. The summed E-state index contributed by atoms with van der Waals surface area (Å²) in [5.74, 6) is -3.08. The van der Waals surface area contributed by atoms with Crippen molar-refractivity contribution in [1.29, 1.82) is 0 Å². The zero-order chi connectivity index (χ0) is 23.5. The predicted molar refractivity (Wildman–Crippen MR) is 111 cm³/mol. The van der Waals surface area contributed by atoms with Crippen LogP contribution in [0.1, 0.15) is 49.4 Å². The van der Waals surface area contributed by atoms with E-state index in [4.69, 9.17) is 14.6 Å². The van der Waals surface area contributed by atoms with Crippen LogP contribution in [0.25, 0.3) is 0 Å². The van der Waals surface area contributed by atoms with Gasteiger partial charge in [-0.15, -0.1) is 0 Å². The summed E-state index contributed by atoms with van der Waals surface area (Å²) in [5.41, 5.74) is -0.595. The molecule has 0 aliphatic carbocycles. The lowest BCUT2D eigenvalue weighted by molar-refractivity contribution is -0.136. The molecule has 9 nitrogen and oxygen atoms in total. The van der Waals surface area contributed by atoms with E-state index in [1.54, 1.807) is 0 Å². The Bertz CT molecular complexity index is 1320. The number of hydrogen-bond acceptors (Lipinski definition) is 7. The second kappa shape index (κ2) is 6.99. The first-order valence-corrected chi connectivity index (χ1v) is 9.92. The van der Waals surface area contributed by atoms with Crippen molar-refractivity contribution in [2.75, 3.05) is 0 Å². The van der Waals surface area contributed by atoms with Crippen LogP contribution in [0.2, 0.25) is 0 Å². The quantitative estimate of drug-likeness (QED) is 0.440. The van der Waals surface area contributed by atoms with E-state index in [1.165, 1.54) is 48.5 Å². The second-order valence-corrected chi connectivity index (χ2v) is 7.75. The number of carbonyl (C=O) groups is 3. The predicted octanol–water partition coefficient (Wildman–Crippen LogP) is 3.38. The molecule has 2 aliphatic heterocycles. The average molecular weight is 448 g/mol. The Hall–Kier alpha value is -4.53. The van der Waals surface area contributed by atoms with E-state index in [0.717, 1.165) is 0 Å². The summed E-state index contributed by atoms with van der Waals surface area (Å²) in [6.07, 6.45) is -0.568. The molecule has 0 aromatic heterocycles. The molecule has 2 aliphatic rings. The van der Waals surface area contributed by atoms with Crippen LogP contribution >= 0.6 is 0 Å². The second-order valence-electron chi connectivity index (χ2n) is 7.75. The number of hydrogen-bond donors (Lipinski definition) is 4. The van der Waals surface area contributed by atoms with E-state index in [9.17, 15) is 29.7 Å². The number of aromatic carboxylic acids is 1. The summed E-state index contributed by atoms with van der Waals surface area (Å²) in [6.45, 7) is 0. The Morgan fingerprint density at radius 1 is 0.848 bits per heavy atom. The number of esters is 1. The molecule has 4 N–H and O–H groups in total. The van der Waals surface area contributed by atoms with Gasteiger partial charge in [0.2, 0.25) is 0 Å². The van der Waals surface area contributed by atoms with Crippen LogP contribution in [0.15, 0.2) is 48.5 Å². The van der Waals surface area contributed by atoms with Gasteiger partial charge in [-0.2, -0.15) is 0 Å². The van der Waals surface area contributed by atoms with Crippen LogP contribution in [0.5, 0.6) is 23.0 Å². The van der Waals surface area contributed by atoms with E-state index >= 15 is 0 Å². The first-order chi connectivity index (χ1) is 15.7. The van der Waals surface area contributed by atoms with E-state index in [0.29, 0.717) is 16.7 Å². The molecular weight excluding hydrogens is 432 g/mol. The third-order valence-electron chi connectivity index (χ3n) is 5.87. The summed E-state index contributed by atoms with van der Waals surface area (Å²) in [7, 11) is 0. The van der Waals surface area contributed by atoms with Gasteiger partial charge in [-0.05, 0) is 42.3 Å². The number of phenols is 2. The van der Waals surface area contributed by atoms with Gasteiger partial charge in [-0.25, -0.2) is 9.59 Å². The van der Waals surface area contributed by atoms with Crippen molar-refractivity contribution >= 4 is 17.9 Å². The Kier molecular flexibility index (Phi) is 4.32. The molecule has 9 heteroatoms. The minimum atomic E-state index is -1.55. The molecule has 0 unspecified atom stereocenters. The SMILES string of the molecule is O=C(O)CCc1c(C(=O)O)ccc2c1C(=O)OC21c2ccc(O)cc2Oc2cc(O)ccc21. The highest BCUT2D eigenvalue weighted by Crippen LogP contribution is 2.57. The summed E-state index contributed by atoms with van der Waals surface area (Å²) < 4.78 is 11.8. The third kappa shape index (κ3) is 2.89. The molecule has 0 amide bonds. The van der Waals surface area contributed by atoms with Crippen LogP contribution in [-0.2, 0) is 21.6 Å². The maximum atomic E-state index is 13.2. The molecule has 2 heterocycles. The molecule has 0 saturated heterocycles. The van der Waals surface area contributed by atoms with Crippen molar-refractivity contribution < 1.29 is 44.3 Å². The molecule has 0 fully saturated rings. The lowest BCUT2D eigenvalue weighted by Crippen LogP contribution is -2.33. The van der Waals surface area contributed by atoms with Crippen molar-refractivity contribution in [3.63, 3.8) is 0 Å². The van der Waals surface area contributed by atoms with E-state index in [-0.39, 0.29) is 52.5 Å². The number of phenolic OH excluding ortho intramolecular Hbond substituents is 2. The fourth-order valence-electron chi connectivity index (χ4n) is 4.55. The van der Waals surface area contributed by atoms with Crippen LogP contribution in [0.3, 0.4) is 0 Å². The molecule has 0 bridgehead atoms. The molecule has 0 saturated carbocycles. The number of aliphatic carboxylic acids is 1. The van der Waals surface area contributed by atoms with Gasteiger partial charge >= 0.3 is 17.9 Å². The molecule has 5 rings (SSSR count). The van der Waals surface area contributed by atoms with Crippen LogP contribution in [0, 0.1) is 0 Å². The number of ether oxygens (including phenoxy) is 2. The largest absolute Gasteiger partial charge is 0.508 e. The summed E-state index contributed by atoms with van der Waals surface area (Å²) in [6, 6.07) is 11.3. The first kappa shape index (κ1) is 20.4. The normalized spacial score (nSPS) is 14.6. The van der Waals surface area contributed by atoms with Crippen molar-refractivity contribution in [2.24, 2.45) is 0 Å². The average Bonchev–Trinajstić information content (AvgIpc) is 3.04. The fourth-order valence-corrected chi connectivity index (χ4v) is 4.55. The van der Waals surface area contributed by atoms with Gasteiger partial charge in [-0.3, -0.25) is 4.79 Å². The number of fused-ring (bicyclic) bond motifs is 6. The smallest absolute Gasteiger partial charge is 0.340 e. The van der Waals surface area contributed by atoms with Gasteiger partial charge in [0.05, 0.1) is 11.1 Å². The van der Waals surface area contributed by atoms with Crippen LogP contribution < -0.4 is 4.74 Å². The Morgan fingerprint density at radius 2 is 1.42 bits per heavy atom. The van der Waals surface area contributed by atoms with E-state index < -0.39 is 23.5 Å². The zero-order valence-electron chi connectivity index (χ0n) is 16.9. The molecule has 33 heavy (non-hydrogen) atoms. The van der Waals surface area contributed by atoms with E-state index in [2.05, 4.69) is 0 Å². The summed E-state index contributed by atoms with van der Waals surface area (Å²) >= 11 is 0. The highest BCUT2D eigenvalue weighted by molar-refractivity contribution is 6.02. The Balaban J connectivity index is 1.84. The lowest BCUT2D eigenvalue weighted by Gasteiger charge is -2.36. The van der Waals surface area contributed by atoms with Crippen molar-refractivity contribution in [1.82, 2.24) is 0 Å². The fraction of sp³-hybridized carbons (Fsp3) is 0.125. The summed E-state index contributed by atoms with van der Waals surface area (Å²) in [5, 5.41) is 38.7. The highest BCUT2D eigenvalue weighted by Gasteiger charge is 2.54.